The van der Waals surface area contributed by atoms with Crippen LogP contribution in [0.1, 0.15) is 0 Å². The first kappa shape index (κ1) is 4.23. The van der Waals surface area contributed by atoms with Gasteiger partial charge in [-0.1, -0.05) is 0 Å². The van der Waals surface area contributed by atoms with Crippen molar-refractivity contribution < 1.29 is 9.63 Å². The maximum absolute atomic E-state index is 9.13. The van der Waals surface area contributed by atoms with Crippen LogP contribution in [0, 0.1) is 0 Å². The average Bonchev–Trinajstić information content (AvgIpc) is 1.38. The lowest BCUT2D eigenvalue weighted by Crippen LogP contribution is -2.06. The monoisotopic (exact) mass is 75.0 g/mol. The normalized spacial score (nSPS) is 6.60. The molecule has 0 spiro atoms. The molecule has 5 heavy (non-hydrogen) atoms. The largest absolute Gasteiger partial charge is 0.444 e. The van der Waals surface area contributed by atoms with Gasteiger partial charge in [0.15, 0.2) is 0 Å². The number of nitrogens with two attached hydrogens (primary N) is 1. The fraction of sp³-hybridized carbons (Fsp3) is 0. The lowest BCUT2D eigenvalue weighted by molar-refractivity contribution is 0.157. The first-order chi connectivity index (χ1) is 2.27. The molecule has 0 unspecified atom stereocenters. The van der Waals surface area contributed by atoms with Crippen LogP contribution in [0.4, 0.5) is 4.79 Å². The van der Waals surface area contributed by atoms with E-state index in [-0.39, 0.29) is 0 Å². The Balaban J connectivity index is 2.85. The van der Waals surface area contributed by atoms with E-state index < -0.39 is 6.09 Å². The van der Waals surface area contributed by atoms with Crippen LogP contribution in [0.15, 0.2) is 0 Å². The summed E-state index contributed by atoms with van der Waals surface area (Å²) in [6.07, 6.45) is -1.22. The summed E-state index contributed by atoms with van der Waals surface area (Å²) >= 11 is 0. The number of carbonyl (C=O) groups is 1. The topological polar surface area (TPSA) is 76.1 Å². The molecule has 0 saturated carbocycles. The van der Waals surface area contributed by atoms with Crippen molar-refractivity contribution in [3.8, 4) is 0 Å². The highest BCUT2D eigenvalue weighted by molar-refractivity contribution is 5.63. The summed E-state index contributed by atoms with van der Waals surface area (Å²) in [4.78, 5) is 12.4. The Bertz CT molecular complexity index is 42.9. The molecule has 0 aromatic heterocycles. The molecule has 0 aromatic carbocycles. The first-order valence-corrected chi connectivity index (χ1v) is 0.894. The third-order valence-electron chi connectivity index (χ3n) is 0.107. The van der Waals surface area contributed by atoms with Crippen molar-refractivity contribution in [1.29, 1.82) is 0 Å². The summed E-state index contributed by atoms with van der Waals surface area (Å²) in [6, 6.07) is 0. The van der Waals surface area contributed by atoms with Crippen LogP contribution in [0.2, 0.25) is 0 Å². The molecule has 29 valence electrons. The van der Waals surface area contributed by atoms with Gasteiger partial charge in [-0.05, 0) is 0 Å². The second-order valence-electron chi connectivity index (χ2n) is 0.405. The molecule has 0 rings (SSSR count). The highest BCUT2D eigenvalue weighted by atomic mass is 16.7. The summed E-state index contributed by atoms with van der Waals surface area (Å²) in [5.41, 5.74) is 5.84. The van der Waals surface area contributed by atoms with E-state index in [0.717, 1.165) is 0 Å². The Morgan fingerprint density at radius 2 is 2.20 bits per heavy atom. The molecule has 0 aliphatic rings. The maximum atomic E-state index is 9.13. The van der Waals surface area contributed by atoms with E-state index in [1.54, 1.807) is 0 Å². The molecule has 0 aliphatic carbocycles. The molecule has 0 saturated heterocycles. The second kappa shape index (κ2) is 1.54. The number of rotatable bonds is 0. The Morgan fingerprint density at radius 1 is 2.00 bits per heavy atom. The van der Waals surface area contributed by atoms with Gasteiger partial charge < -0.3 is 4.84 Å². The summed E-state index contributed by atoms with van der Waals surface area (Å²) in [6.45, 7) is 0. The van der Waals surface area contributed by atoms with Crippen molar-refractivity contribution in [2.75, 3.05) is 0 Å². The van der Waals surface area contributed by atoms with E-state index in [4.69, 9.17) is 10.5 Å². The van der Waals surface area contributed by atoms with Gasteiger partial charge in [-0.3, -0.25) is 0 Å². The van der Waals surface area contributed by atoms with E-state index >= 15 is 0 Å². The highest BCUT2D eigenvalue weighted by Crippen LogP contribution is 1.53. The van der Waals surface area contributed by atoms with Gasteiger partial charge >= 0.3 is 6.09 Å². The van der Waals surface area contributed by atoms with Crippen molar-refractivity contribution >= 4 is 6.09 Å². The van der Waals surface area contributed by atoms with Crippen LogP contribution in [0.5, 0.6) is 0 Å². The van der Waals surface area contributed by atoms with Gasteiger partial charge in [0.25, 0.3) is 0 Å². The van der Waals surface area contributed by atoms with E-state index in [1.165, 1.54) is 0 Å². The van der Waals surface area contributed by atoms with Crippen LogP contribution < -0.4 is 11.6 Å². The molecule has 0 fully saturated rings. The zero-order valence-corrected chi connectivity index (χ0v) is 2.39. The molecule has 1 radical (unpaired) electrons. The van der Waals surface area contributed by atoms with Gasteiger partial charge in [0.2, 0.25) is 0 Å². The Morgan fingerprint density at radius 3 is 2.20 bits per heavy atom. The zero-order valence-electron chi connectivity index (χ0n) is 2.39. The van der Waals surface area contributed by atoms with Crippen LogP contribution in [0.25, 0.3) is 0 Å². The molecule has 4 heteroatoms. The zero-order chi connectivity index (χ0) is 4.28. The minimum Gasteiger partial charge on any atom is -0.356 e. The predicted molar refractivity (Wildman–Crippen MR) is 13.8 cm³/mol. The fourth-order valence-electron chi connectivity index (χ4n) is 0. The van der Waals surface area contributed by atoms with Gasteiger partial charge in [-0.25, -0.2) is 10.5 Å². The smallest absolute Gasteiger partial charge is 0.356 e. The minimum absolute atomic E-state index is 1.22. The molecular weight excluding hydrogens is 72.0 g/mol. The number of hydrogen-bond donors (Lipinski definition) is 1. The van der Waals surface area contributed by atoms with Crippen LogP contribution in [0.3, 0.4) is 0 Å². The lowest BCUT2D eigenvalue weighted by Gasteiger charge is -1.77. The lowest BCUT2D eigenvalue weighted by atomic mass is 11.3. The molecule has 4 nitrogen and oxygen atoms in total. The maximum Gasteiger partial charge on any atom is 0.444 e. The van der Waals surface area contributed by atoms with Crippen molar-refractivity contribution in [3.05, 3.63) is 0 Å². The molecule has 0 aliphatic heterocycles. The Kier molecular flexibility index (Phi) is 1.30. The van der Waals surface area contributed by atoms with Crippen LogP contribution >= 0.6 is 0 Å². The summed E-state index contributed by atoms with van der Waals surface area (Å²) in [5, 5.41) is 0. The fourth-order valence-corrected chi connectivity index (χ4v) is 0. The number of hydrogen-bond acceptors (Lipinski definition) is 3. The molecule has 1 amide bonds. The molecule has 0 aromatic rings. The third kappa shape index (κ3) is 3.23. The third-order valence-corrected chi connectivity index (χ3v) is 0.107. The van der Waals surface area contributed by atoms with Gasteiger partial charge in [-0.2, -0.15) is 5.90 Å². The second-order valence-corrected chi connectivity index (χ2v) is 0.405. The quantitative estimate of drug-likeness (QED) is 0.386. The first-order valence-electron chi connectivity index (χ1n) is 0.894. The van der Waals surface area contributed by atoms with Crippen molar-refractivity contribution in [3.63, 3.8) is 0 Å². The van der Waals surface area contributed by atoms with Gasteiger partial charge in [0, 0.05) is 0 Å². The number of carbonyl (C=O) groups excluding carboxylic acids is 1. The van der Waals surface area contributed by atoms with Crippen molar-refractivity contribution in [1.82, 2.24) is 5.73 Å². The summed E-state index contributed by atoms with van der Waals surface area (Å²) in [7, 11) is 0. The van der Waals surface area contributed by atoms with Crippen LogP contribution in [-0.2, 0) is 4.84 Å². The van der Waals surface area contributed by atoms with Crippen molar-refractivity contribution in [2.45, 2.75) is 0 Å². The summed E-state index contributed by atoms with van der Waals surface area (Å²) < 4.78 is 0. The molecule has 0 bridgehead atoms. The molecule has 3 N–H and O–H groups in total. The number of amides is 1. The van der Waals surface area contributed by atoms with E-state index in [0.29, 0.717) is 0 Å². The Hall–Kier alpha value is -0.770. The van der Waals surface area contributed by atoms with Crippen molar-refractivity contribution in [2.24, 2.45) is 5.90 Å². The molecule has 0 atom stereocenters. The molecule has 0 heterocycles. The number of nitrogens with one attached hydrogen (secondary N) is 1. The van der Waals surface area contributed by atoms with Gasteiger partial charge in [-0.15, -0.1) is 0 Å². The predicted octanol–water partition coefficient (Wildman–Crippen LogP) is -0.720. The highest BCUT2D eigenvalue weighted by Gasteiger charge is 1.80. The van der Waals surface area contributed by atoms with E-state index in [1.807, 2.05) is 0 Å². The average molecular weight is 75.0 g/mol. The minimum atomic E-state index is -1.22. The standard InChI is InChI=1S/CH3N2O2/c2-1(4)5-3/h2H,3H2. The van der Waals surface area contributed by atoms with Crippen LogP contribution in [-0.4, -0.2) is 6.09 Å². The Labute approximate surface area is 28.6 Å². The molecular formula is CH3N2O2. The SMILES string of the molecule is [NH]C(=O)ON. The van der Waals surface area contributed by atoms with E-state index in [2.05, 4.69) is 10.7 Å². The van der Waals surface area contributed by atoms with Gasteiger partial charge in [0.1, 0.15) is 0 Å². The van der Waals surface area contributed by atoms with E-state index in [9.17, 15) is 0 Å². The summed E-state index contributed by atoms with van der Waals surface area (Å²) in [5.74, 6) is 4.13. The van der Waals surface area contributed by atoms with Gasteiger partial charge in [0.05, 0.1) is 0 Å².